The molecular weight excluding hydrogens is 284 g/mol. The first-order valence-electron chi connectivity index (χ1n) is 8.32. The fourth-order valence-corrected chi connectivity index (χ4v) is 3.17. The van der Waals surface area contributed by atoms with E-state index in [1.807, 2.05) is 0 Å². The highest BCUT2D eigenvalue weighted by atomic mass is 16.6. The van der Waals surface area contributed by atoms with Crippen LogP contribution in [0.5, 0.6) is 0 Å². The monoisotopic (exact) mass is 310 g/mol. The maximum Gasteiger partial charge on any atom is 0.279 e. The molecule has 0 heterocycles. The van der Waals surface area contributed by atoms with Gasteiger partial charge in [-0.05, 0) is 24.8 Å². The first-order chi connectivity index (χ1) is 10.6. The van der Waals surface area contributed by atoms with Crippen molar-refractivity contribution in [1.29, 1.82) is 0 Å². The van der Waals surface area contributed by atoms with Gasteiger partial charge in [0.05, 0.1) is 0 Å². The van der Waals surface area contributed by atoms with Crippen LogP contribution in [0.3, 0.4) is 0 Å². The molecule has 0 spiro atoms. The number of Topliss-reactive ketones (excluding diaryl/α,β-unsaturated/α-hetero) is 1. The van der Waals surface area contributed by atoms with Crippen LogP contribution in [0.15, 0.2) is 5.11 Å². The SMILES string of the molecule is [N-]=[N+]=NCCCC1([N+](=O)[O-])CCCCCCCCCCC1=O. The van der Waals surface area contributed by atoms with Crippen molar-refractivity contribution in [1.82, 2.24) is 0 Å². The number of carbonyl (C=O) groups is 1. The Balaban J connectivity index is 2.80. The standard InChI is InChI=1S/C15H26N4O3/c16-18-17-13-9-12-15(19(21)22)11-8-6-4-2-1-3-5-7-10-14(15)20/h1-13H2. The van der Waals surface area contributed by atoms with Crippen LogP contribution < -0.4 is 0 Å². The summed E-state index contributed by atoms with van der Waals surface area (Å²) in [5.41, 5.74) is 6.83. The van der Waals surface area contributed by atoms with E-state index in [9.17, 15) is 14.9 Å². The van der Waals surface area contributed by atoms with Crippen molar-refractivity contribution >= 4 is 5.78 Å². The third-order valence-corrected chi connectivity index (χ3v) is 4.52. The number of azide groups is 1. The molecule has 1 saturated carbocycles. The number of carbonyl (C=O) groups excluding carboxylic acids is 1. The predicted molar refractivity (Wildman–Crippen MR) is 84.1 cm³/mol. The molecule has 1 unspecified atom stereocenters. The summed E-state index contributed by atoms with van der Waals surface area (Å²) in [6.45, 7) is 0.208. The van der Waals surface area contributed by atoms with Crippen LogP contribution in [0.2, 0.25) is 0 Å². The predicted octanol–water partition coefficient (Wildman–Crippen LogP) is 4.58. The Kier molecular flexibility index (Phi) is 8.51. The van der Waals surface area contributed by atoms with Gasteiger partial charge in [-0.1, -0.05) is 43.6 Å². The molecule has 7 heteroatoms. The average molecular weight is 310 g/mol. The zero-order valence-corrected chi connectivity index (χ0v) is 13.2. The molecule has 22 heavy (non-hydrogen) atoms. The van der Waals surface area contributed by atoms with Gasteiger partial charge < -0.3 is 0 Å². The number of nitro groups is 1. The molecule has 0 bridgehead atoms. The fraction of sp³-hybridized carbons (Fsp3) is 0.933. The molecule has 0 aliphatic heterocycles. The quantitative estimate of drug-likeness (QED) is 0.185. The zero-order valence-electron chi connectivity index (χ0n) is 13.2. The van der Waals surface area contributed by atoms with Crippen molar-refractivity contribution in [2.75, 3.05) is 6.54 Å². The van der Waals surface area contributed by atoms with Crippen LogP contribution in [-0.2, 0) is 4.79 Å². The smallest absolute Gasteiger partial charge is 0.279 e. The molecule has 0 amide bonds. The lowest BCUT2D eigenvalue weighted by atomic mass is 9.81. The molecule has 0 radical (unpaired) electrons. The summed E-state index contributed by atoms with van der Waals surface area (Å²) < 4.78 is 0. The summed E-state index contributed by atoms with van der Waals surface area (Å²) in [6.07, 6.45) is 9.11. The Morgan fingerprint density at radius 3 is 2.32 bits per heavy atom. The highest BCUT2D eigenvalue weighted by Crippen LogP contribution is 2.29. The summed E-state index contributed by atoms with van der Waals surface area (Å²) in [6, 6.07) is 0. The molecule has 1 atom stereocenters. The largest absolute Gasteiger partial charge is 0.292 e. The molecular formula is C15H26N4O3. The molecule has 1 fully saturated rings. The molecule has 0 aromatic heterocycles. The van der Waals surface area contributed by atoms with Gasteiger partial charge in [-0.3, -0.25) is 14.9 Å². The molecule has 0 aromatic rings. The Morgan fingerprint density at radius 1 is 1.14 bits per heavy atom. The Morgan fingerprint density at radius 2 is 1.73 bits per heavy atom. The third kappa shape index (κ3) is 5.64. The first-order valence-corrected chi connectivity index (χ1v) is 8.32. The van der Waals surface area contributed by atoms with E-state index in [1.54, 1.807) is 0 Å². The minimum atomic E-state index is -1.47. The van der Waals surface area contributed by atoms with Crippen LogP contribution in [0.25, 0.3) is 10.4 Å². The van der Waals surface area contributed by atoms with Gasteiger partial charge in [-0.2, -0.15) is 0 Å². The van der Waals surface area contributed by atoms with Gasteiger partial charge >= 0.3 is 0 Å². The maximum absolute atomic E-state index is 12.5. The van der Waals surface area contributed by atoms with E-state index in [1.165, 1.54) is 12.8 Å². The van der Waals surface area contributed by atoms with Gasteiger partial charge in [0, 0.05) is 35.6 Å². The highest BCUT2D eigenvalue weighted by molar-refractivity contribution is 5.87. The number of hydrogen-bond acceptors (Lipinski definition) is 4. The second-order valence-electron chi connectivity index (χ2n) is 6.10. The van der Waals surface area contributed by atoms with Gasteiger partial charge in [-0.25, -0.2) is 0 Å². The van der Waals surface area contributed by atoms with Gasteiger partial charge in [0.25, 0.3) is 5.54 Å². The summed E-state index contributed by atoms with van der Waals surface area (Å²) in [5.74, 6) is -0.237. The van der Waals surface area contributed by atoms with E-state index in [2.05, 4.69) is 10.0 Å². The molecule has 1 aliphatic carbocycles. The van der Waals surface area contributed by atoms with E-state index in [0.717, 1.165) is 32.1 Å². The van der Waals surface area contributed by atoms with Gasteiger partial charge in [0.15, 0.2) is 0 Å². The van der Waals surface area contributed by atoms with Crippen LogP contribution >= 0.6 is 0 Å². The zero-order chi connectivity index (χ0) is 16.3. The maximum atomic E-state index is 12.5. The molecule has 0 aromatic carbocycles. The number of hydrogen-bond donors (Lipinski definition) is 0. The summed E-state index contributed by atoms with van der Waals surface area (Å²) in [5, 5.41) is 15.1. The molecule has 0 N–H and O–H groups in total. The average Bonchev–Trinajstić information content (AvgIpc) is 2.49. The lowest BCUT2D eigenvalue weighted by Crippen LogP contribution is -2.46. The van der Waals surface area contributed by atoms with Gasteiger partial charge in [-0.15, -0.1) is 0 Å². The van der Waals surface area contributed by atoms with Crippen LogP contribution in [0.1, 0.15) is 77.0 Å². The normalized spacial score (nSPS) is 24.6. The minimum Gasteiger partial charge on any atom is -0.292 e. The first kappa shape index (κ1) is 18.4. The van der Waals surface area contributed by atoms with Crippen molar-refractivity contribution in [2.24, 2.45) is 5.11 Å². The van der Waals surface area contributed by atoms with Crippen LogP contribution in [0, 0.1) is 10.1 Å². The van der Waals surface area contributed by atoms with Crippen molar-refractivity contribution in [3.05, 3.63) is 20.6 Å². The summed E-state index contributed by atoms with van der Waals surface area (Å²) in [7, 11) is 0. The Labute approximate surface area is 131 Å². The minimum absolute atomic E-state index is 0.178. The van der Waals surface area contributed by atoms with E-state index < -0.39 is 5.54 Å². The summed E-state index contributed by atoms with van der Waals surface area (Å²) >= 11 is 0. The van der Waals surface area contributed by atoms with Crippen LogP contribution in [-0.4, -0.2) is 22.8 Å². The topological polar surface area (TPSA) is 109 Å². The number of nitrogens with zero attached hydrogens (tertiary/aromatic N) is 4. The van der Waals surface area contributed by atoms with Crippen molar-refractivity contribution in [2.45, 2.75) is 82.6 Å². The van der Waals surface area contributed by atoms with E-state index in [4.69, 9.17) is 5.53 Å². The van der Waals surface area contributed by atoms with Crippen molar-refractivity contribution < 1.29 is 9.72 Å². The van der Waals surface area contributed by atoms with Gasteiger partial charge in [0.1, 0.15) is 0 Å². The van der Waals surface area contributed by atoms with Crippen molar-refractivity contribution in [3.63, 3.8) is 0 Å². The lowest BCUT2D eigenvalue weighted by Gasteiger charge is -2.24. The number of rotatable bonds is 5. The van der Waals surface area contributed by atoms with E-state index in [0.29, 0.717) is 25.7 Å². The molecule has 0 saturated heterocycles. The Hall–Kier alpha value is -1.62. The third-order valence-electron chi connectivity index (χ3n) is 4.52. The molecule has 124 valence electrons. The van der Waals surface area contributed by atoms with Gasteiger partial charge in [0.2, 0.25) is 5.78 Å². The molecule has 1 rings (SSSR count). The second-order valence-corrected chi connectivity index (χ2v) is 6.10. The Bertz CT molecular complexity index is 421. The second kappa shape index (κ2) is 10.2. The van der Waals surface area contributed by atoms with Crippen molar-refractivity contribution in [3.8, 4) is 0 Å². The fourth-order valence-electron chi connectivity index (χ4n) is 3.17. The lowest BCUT2D eigenvalue weighted by molar-refractivity contribution is -0.554. The molecule has 1 aliphatic rings. The highest BCUT2D eigenvalue weighted by Gasteiger charge is 2.48. The van der Waals surface area contributed by atoms with E-state index in [-0.39, 0.29) is 23.7 Å². The number of ketones is 1. The van der Waals surface area contributed by atoms with Crippen LogP contribution in [0.4, 0.5) is 0 Å². The summed E-state index contributed by atoms with van der Waals surface area (Å²) in [4.78, 5) is 26.4. The molecule has 7 nitrogen and oxygen atoms in total. The van der Waals surface area contributed by atoms with E-state index >= 15 is 0 Å².